The van der Waals surface area contributed by atoms with Crippen LogP contribution in [-0.4, -0.2) is 31.7 Å². The van der Waals surface area contributed by atoms with E-state index in [1.165, 1.54) is 5.57 Å². The van der Waals surface area contributed by atoms with Gasteiger partial charge in [0.2, 0.25) is 0 Å². The Balaban J connectivity index is 0.00000111. The number of carbonyl (C=O) groups excluding carboxylic acids is 1. The minimum atomic E-state index is -0.0753. The van der Waals surface area contributed by atoms with Gasteiger partial charge in [0, 0.05) is 5.56 Å². The predicted octanol–water partition coefficient (Wildman–Crippen LogP) is 5.31. The summed E-state index contributed by atoms with van der Waals surface area (Å²) in [4.78, 5) is 12.5. The molecule has 5 nitrogen and oxygen atoms in total. The van der Waals surface area contributed by atoms with E-state index in [2.05, 4.69) is 23.8 Å². The Morgan fingerprint density at radius 3 is 2.11 bits per heavy atom. The number of benzene rings is 1. The van der Waals surface area contributed by atoms with E-state index < -0.39 is 0 Å². The van der Waals surface area contributed by atoms with Crippen molar-refractivity contribution < 1.29 is 14.3 Å². The Bertz CT molecular complexity index is 622. The average molecular weight is 393 g/mol. The van der Waals surface area contributed by atoms with Gasteiger partial charge in [0.05, 0.1) is 25.8 Å². The summed E-state index contributed by atoms with van der Waals surface area (Å²) in [6.45, 7) is 14.1. The Morgan fingerprint density at radius 1 is 1.04 bits per heavy atom. The van der Waals surface area contributed by atoms with Crippen LogP contribution in [0.3, 0.4) is 0 Å². The van der Waals surface area contributed by atoms with Crippen LogP contribution in [-0.2, 0) is 0 Å². The number of nitrogens with one attached hydrogen (secondary N) is 2. The van der Waals surface area contributed by atoms with Gasteiger partial charge in [0.1, 0.15) is 0 Å². The lowest BCUT2D eigenvalue weighted by molar-refractivity contribution is 0.0922. The van der Waals surface area contributed by atoms with E-state index in [1.807, 2.05) is 41.5 Å². The molecule has 1 saturated carbocycles. The van der Waals surface area contributed by atoms with Crippen molar-refractivity contribution in [1.29, 1.82) is 0 Å². The summed E-state index contributed by atoms with van der Waals surface area (Å²) >= 11 is 0. The lowest BCUT2D eigenvalue weighted by Gasteiger charge is -2.33. The summed E-state index contributed by atoms with van der Waals surface area (Å²) in [6, 6.07) is 5.37. The molecule has 1 aromatic carbocycles. The first kappa shape index (κ1) is 25.8. The maximum atomic E-state index is 12.5. The molecule has 1 amide bonds. The normalized spacial score (nSPS) is 17.6. The summed E-state index contributed by atoms with van der Waals surface area (Å²) in [5, 5.41) is 6.61. The van der Waals surface area contributed by atoms with Crippen molar-refractivity contribution in [3.05, 3.63) is 35.5 Å². The van der Waals surface area contributed by atoms with E-state index in [9.17, 15) is 4.79 Å². The quantitative estimate of drug-likeness (QED) is 0.729. The van der Waals surface area contributed by atoms with E-state index in [1.54, 1.807) is 32.4 Å². The van der Waals surface area contributed by atoms with Gasteiger partial charge in [0.25, 0.3) is 5.91 Å². The molecule has 0 radical (unpaired) electrons. The van der Waals surface area contributed by atoms with Crippen molar-refractivity contribution in [3.63, 3.8) is 0 Å². The third kappa shape index (κ3) is 6.47. The Kier molecular flexibility index (Phi) is 12.1. The first-order valence-corrected chi connectivity index (χ1v) is 10.5. The molecule has 0 bridgehead atoms. The number of methoxy groups -OCH3 is 2. The van der Waals surface area contributed by atoms with E-state index in [-0.39, 0.29) is 17.5 Å². The van der Waals surface area contributed by atoms with Gasteiger partial charge in [-0.3, -0.25) is 4.79 Å². The largest absolute Gasteiger partial charge is 0.493 e. The third-order valence-corrected chi connectivity index (χ3v) is 4.54. The van der Waals surface area contributed by atoms with Crippen molar-refractivity contribution in [3.8, 4) is 11.5 Å². The standard InChI is InChI=1S/C17H22N2O3.3C2H6/c1-11-8-15(17(6-7-17)18-10-11)19-16(20)12-4-5-13(21-2)14(9-12)22-3;3*1-2/h4-5,9-10,15,18H,6-8H2,1-3H3,(H,19,20);3*1-2H3. The van der Waals surface area contributed by atoms with E-state index >= 15 is 0 Å². The van der Waals surface area contributed by atoms with Crippen molar-refractivity contribution >= 4 is 5.91 Å². The second kappa shape index (κ2) is 13.1. The van der Waals surface area contributed by atoms with Crippen molar-refractivity contribution in [1.82, 2.24) is 10.6 Å². The van der Waals surface area contributed by atoms with Crippen LogP contribution in [0.1, 0.15) is 78.1 Å². The molecular weight excluding hydrogens is 352 g/mol. The first-order valence-electron chi connectivity index (χ1n) is 10.5. The van der Waals surface area contributed by atoms with Gasteiger partial charge in [-0.15, -0.1) is 0 Å². The van der Waals surface area contributed by atoms with Crippen molar-refractivity contribution in [2.75, 3.05) is 14.2 Å². The number of rotatable bonds is 4. The minimum Gasteiger partial charge on any atom is -0.493 e. The zero-order valence-corrected chi connectivity index (χ0v) is 19.2. The third-order valence-electron chi connectivity index (χ3n) is 4.54. The number of carbonyl (C=O) groups is 1. The van der Waals surface area contributed by atoms with Gasteiger partial charge in [-0.05, 0) is 50.6 Å². The SMILES string of the molecule is CC.CC.CC.COc1ccc(C(=O)NC2CC(C)=CNC23CC3)cc1OC. The van der Waals surface area contributed by atoms with Gasteiger partial charge < -0.3 is 20.1 Å². The highest BCUT2D eigenvalue weighted by Gasteiger charge is 2.50. The summed E-state index contributed by atoms with van der Waals surface area (Å²) < 4.78 is 10.5. The highest BCUT2D eigenvalue weighted by atomic mass is 16.5. The van der Waals surface area contributed by atoms with Crippen molar-refractivity contribution in [2.45, 2.75) is 79.3 Å². The average Bonchev–Trinajstić information content (AvgIpc) is 3.55. The Hall–Kier alpha value is -2.17. The van der Waals surface area contributed by atoms with Gasteiger partial charge in [-0.25, -0.2) is 0 Å². The van der Waals surface area contributed by atoms with E-state index in [0.717, 1.165) is 19.3 Å². The molecular formula is C23H40N2O3. The molecule has 28 heavy (non-hydrogen) atoms. The van der Waals surface area contributed by atoms with Crippen LogP contribution >= 0.6 is 0 Å². The monoisotopic (exact) mass is 392 g/mol. The molecule has 2 N–H and O–H groups in total. The molecule has 0 saturated heterocycles. The van der Waals surface area contributed by atoms with Crippen LogP contribution in [0.5, 0.6) is 11.5 Å². The smallest absolute Gasteiger partial charge is 0.251 e. The van der Waals surface area contributed by atoms with Gasteiger partial charge in [-0.2, -0.15) is 0 Å². The topological polar surface area (TPSA) is 59.6 Å². The van der Waals surface area contributed by atoms with E-state index in [4.69, 9.17) is 9.47 Å². The lowest BCUT2D eigenvalue weighted by atomic mass is 9.94. The highest BCUT2D eigenvalue weighted by Crippen LogP contribution is 2.43. The summed E-state index contributed by atoms with van der Waals surface area (Å²) in [6.07, 6.45) is 5.18. The van der Waals surface area contributed by atoms with Gasteiger partial charge >= 0.3 is 0 Å². The molecule has 1 heterocycles. The van der Waals surface area contributed by atoms with Crippen LogP contribution in [0.25, 0.3) is 0 Å². The van der Waals surface area contributed by atoms with Crippen LogP contribution in [0, 0.1) is 0 Å². The second-order valence-electron chi connectivity index (χ2n) is 6.09. The number of amides is 1. The zero-order valence-electron chi connectivity index (χ0n) is 19.2. The first-order chi connectivity index (χ1) is 13.6. The lowest BCUT2D eigenvalue weighted by Crippen LogP contribution is -2.52. The highest BCUT2D eigenvalue weighted by molar-refractivity contribution is 5.95. The maximum absolute atomic E-state index is 12.5. The maximum Gasteiger partial charge on any atom is 0.251 e. The second-order valence-corrected chi connectivity index (χ2v) is 6.09. The number of ether oxygens (including phenoxy) is 2. The summed E-state index contributed by atoms with van der Waals surface area (Å²) in [7, 11) is 3.15. The zero-order chi connectivity index (χ0) is 21.7. The molecule has 1 aliphatic heterocycles. The van der Waals surface area contributed by atoms with Crippen LogP contribution < -0.4 is 20.1 Å². The predicted molar refractivity (Wildman–Crippen MR) is 118 cm³/mol. The minimum absolute atomic E-state index is 0.0612. The molecule has 2 aliphatic rings. The van der Waals surface area contributed by atoms with Gasteiger partial charge in [0.15, 0.2) is 11.5 Å². The van der Waals surface area contributed by atoms with Crippen molar-refractivity contribution in [2.24, 2.45) is 0 Å². The molecule has 3 rings (SSSR count). The molecule has 1 aliphatic carbocycles. The molecule has 160 valence electrons. The molecule has 1 aromatic rings. The molecule has 1 spiro atoms. The van der Waals surface area contributed by atoms with Crippen LogP contribution in [0.4, 0.5) is 0 Å². The van der Waals surface area contributed by atoms with Crippen LogP contribution in [0.15, 0.2) is 30.0 Å². The molecule has 0 aromatic heterocycles. The van der Waals surface area contributed by atoms with Gasteiger partial charge in [-0.1, -0.05) is 47.1 Å². The fraction of sp³-hybridized carbons (Fsp3) is 0.609. The Morgan fingerprint density at radius 2 is 1.61 bits per heavy atom. The fourth-order valence-corrected chi connectivity index (χ4v) is 2.98. The summed E-state index contributed by atoms with van der Waals surface area (Å²) in [5.74, 6) is 1.11. The molecule has 5 heteroatoms. The molecule has 1 fully saturated rings. The molecule has 1 atom stereocenters. The Labute approximate surface area is 171 Å². The molecule has 1 unspecified atom stereocenters. The number of hydrogen-bond donors (Lipinski definition) is 2. The van der Waals surface area contributed by atoms with E-state index in [0.29, 0.717) is 17.1 Å². The summed E-state index contributed by atoms with van der Waals surface area (Å²) in [5.41, 5.74) is 1.90. The fourth-order valence-electron chi connectivity index (χ4n) is 2.98. The number of hydrogen-bond acceptors (Lipinski definition) is 4. The van der Waals surface area contributed by atoms with Crippen LogP contribution in [0.2, 0.25) is 0 Å².